The van der Waals surface area contributed by atoms with Crippen LogP contribution in [0.1, 0.15) is 6.92 Å². The summed E-state index contributed by atoms with van der Waals surface area (Å²) < 4.78 is 1.27. The van der Waals surface area contributed by atoms with Crippen LogP contribution in [0.3, 0.4) is 0 Å². The molecule has 0 radical (unpaired) electrons. The first-order chi connectivity index (χ1) is 3.65. The van der Waals surface area contributed by atoms with E-state index in [4.69, 9.17) is 0 Å². The van der Waals surface area contributed by atoms with Gasteiger partial charge in [0.15, 0.2) is 6.04 Å². The van der Waals surface area contributed by atoms with E-state index in [-0.39, 0.29) is 0 Å². The summed E-state index contributed by atoms with van der Waals surface area (Å²) >= 11 is 0. The molecule has 0 aromatic heterocycles. The van der Waals surface area contributed by atoms with Crippen LogP contribution in [-0.2, 0) is 0 Å². The lowest BCUT2D eigenvalue weighted by Gasteiger charge is -1.96. The second-order valence-electron chi connectivity index (χ2n) is 3.46. The molecule has 0 spiro atoms. The van der Waals surface area contributed by atoms with E-state index in [9.17, 15) is 0 Å². The Labute approximate surface area is 50.2 Å². The summed E-state index contributed by atoms with van der Waals surface area (Å²) in [6.07, 6.45) is 2.09. The standard InChI is InChI=1S/C7H12N/c1-4-6-7(2)5-8(6,7)3/h4,6H,1,5H2,2-3H3/q+1. The lowest BCUT2D eigenvalue weighted by atomic mass is 10.1. The SMILES string of the molecule is C=CC1C2(C)C[N+]12C. The molecular formula is C7H12N+. The summed E-state index contributed by atoms with van der Waals surface area (Å²) in [7, 11) is 2.30. The predicted octanol–water partition coefficient (Wildman–Crippen LogP) is 0.773. The molecule has 3 atom stereocenters. The van der Waals surface area contributed by atoms with E-state index in [2.05, 4.69) is 26.6 Å². The van der Waals surface area contributed by atoms with E-state index in [1.165, 1.54) is 11.0 Å². The molecule has 3 unspecified atom stereocenters. The highest BCUT2D eigenvalue weighted by Crippen LogP contribution is 2.64. The van der Waals surface area contributed by atoms with Crippen molar-refractivity contribution < 1.29 is 4.48 Å². The summed E-state index contributed by atoms with van der Waals surface area (Å²) in [5, 5.41) is 0. The van der Waals surface area contributed by atoms with Crippen molar-refractivity contribution in [3.05, 3.63) is 12.7 Å². The van der Waals surface area contributed by atoms with E-state index < -0.39 is 0 Å². The lowest BCUT2D eigenvalue weighted by Crippen LogP contribution is -2.15. The zero-order valence-electron chi connectivity index (χ0n) is 5.52. The number of fused-ring (bicyclic) bond motifs is 1. The zero-order valence-corrected chi connectivity index (χ0v) is 5.52. The van der Waals surface area contributed by atoms with Gasteiger partial charge in [-0.3, -0.25) is 4.48 Å². The monoisotopic (exact) mass is 110 g/mol. The van der Waals surface area contributed by atoms with Gasteiger partial charge in [0.25, 0.3) is 0 Å². The Morgan fingerprint density at radius 1 is 1.88 bits per heavy atom. The van der Waals surface area contributed by atoms with Gasteiger partial charge in [-0.2, -0.15) is 0 Å². The van der Waals surface area contributed by atoms with E-state index in [1.807, 2.05) is 0 Å². The molecule has 2 fully saturated rings. The molecule has 44 valence electrons. The van der Waals surface area contributed by atoms with Crippen molar-refractivity contribution in [3.63, 3.8) is 0 Å². The van der Waals surface area contributed by atoms with Gasteiger partial charge < -0.3 is 0 Å². The highest BCUT2D eigenvalue weighted by molar-refractivity contribution is 5.20. The topological polar surface area (TPSA) is 0 Å². The van der Waals surface area contributed by atoms with E-state index in [1.54, 1.807) is 0 Å². The van der Waals surface area contributed by atoms with Crippen molar-refractivity contribution in [2.75, 3.05) is 13.6 Å². The molecule has 2 aliphatic heterocycles. The summed E-state index contributed by atoms with van der Waals surface area (Å²) in [4.78, 5) is 0. The Hall–Kier alpha value is -0.300. The second kappa shape index (κ2) is 0.781. The molecular weight excluding hydrogens is 98.1 g/mol. The molecule has 2 aliphatic rings. The van der Waals surface area contributed by atoms with Gasteiger partial charge in [-0.15, -0.1) is 0 Å². The Kier molecular flexibility index (Phi) is 0.446. The first kappa shape index (κ1) is 4.57. The Morgan fingerprint density at radius 2 is 2.38 bits per heavy atom. The third-order valence-electron chi connectivity index (χ3n) is 3.12. The quantitative estimate of drug-likeness (QED) is 0.266. The molecule has 2 heterocycles. The van der Waals surface area contributed by atoms with Crippen LogP contribution in [0.15, 0.2) is 12.7 Å². The molecule has 8 heavy (non-hydrogen) atoms. The van der Waals surface area contributed by atoms with Crippen LogP contribution in [0.25, 0.3) is 0 Å². The third kappa shape index (κ3) is 0.206. The number of hydrogen-bond donors (Lipinski definition) is 0. The maximum absolute atomic E-state index is 3.78. The van der Waals surface area contributed by atoms with Crippen LogP contribution in [0.2, 0.25) is 0 Å². The summed E-state index contributed by atoms with van der Waals surface area (Å²) in [5.74, 6) is 0. The highest BCUT2D eigenvalue weighted by atomic mass is 15.7. The molecule has 0 aromatic rings. The highest BCUT2D eigenvalue weighted by Gasteiger charge is 2.90. The minimum absolute atomic E-state index is 0.641. The van der Waals surface area contributed by atoms with Gasteiger partial charge in [0, 0.05) is 6.92 Å². The van der Waals surface area contributed by atoms with Crippen molar-refractivity contribution in [1.29, 1.82) is 0 Å². The van der Waals surface area contributed by atoms with Gasteiger partial charge in [0.1, 0.15) is 6.54 Å². The van der Waals surface area contributed by atoms with Gasteiger partial charge >= 0.3 is 0 Å². The van der Waals surface area contributed by atoms with Crippen molar-refractivity contribution in [3.8, 4) is 0 Å². The minimum Gasteiger partial charge on any atom is -0.295 e. The average Bonchev–Trinajstić information content (AvgIpc) is 2.26. The summed E-state index contributed by atoms with van der Waals surface area (Å²) in [5.41, 5.74) is 0.641. The largest absolute Gasteiger partial charge is 0.295 e. The zero-order chi connectivity index (χ0) is 5.99. The van der Waals surface area contributed by atoms with E-state index in [0.29, 0.717) is 5.54 Å². The fraction of sp³-hybridized carbons (Fsp3) is 0.714. The van der Waals surface area contributed by atoms with Gasteiger partial charge in [0.2, 0.25) is 5.54 Å². The maximum atomic E-state index is 3.78. The number of rotatable bonds is 1. The van der Waals surface area contributed by atoms with Crippen LogP contribution in [0.5, 0.6) is 0 Å². The molecule has 2 saturated heterocycles. The third-order valence-corrected chi connectivity index (χ3v) is 3.12. The van der Waals surface area contributed by atoms with Crippen LogP contribution < -0.4 is 0 Å². The van der Waals surface area contributed by atoms with Gasteiger partial charge in [0.05, 0.1) is 7.05 Å². The molecule has 0 amide bonds. The molecule has 0 bridgehead atoms. The average molecular weight is 110 g/mol. The van der Waals surface area contributed by atoms with Crippen molar-refractivity contribution in [2.24, 2.45) is 0 Å². The predicted molar refractivity (Wildman–Crippen MR) is 33.4 cm³/mol. The maximum Gasteiger partial charge on any atom is 0.202 e. The summed E-state index contributed by atoms with van der Waals surface area (Å²) in [6, 6.07) is 0.794. The first-order valence-corrected chi connectivity index (χ1v) is 3.13. The molecule has 1 nitrogen and oxygen atoms in total. The van der Waals surface area contributed by atoms with Crippen LogP contribution >= 0.6 is 0 Å². The van der Waals surface area contributed by atoms with Crippen LogP contribution in [0, 0.1) is 0 Å². The second-order valence-corrected chi connectivity index (χ2v) is 3.46. The van der Waals surface area contributed by atoms with Crippen molar-refractivity contribution in [1.82, 2.24) is 0 Å². The number of likely N-dealkylation sites (N-methyl/N-ethyl adjacent to an activating group) is 1. The Morgan fingerprint density at radius 3 is 2.38 bits per heavy atom. The fourth-order valence-corrected chi connectivity index (χ4v) is 2.08. The summed E-state index contributed by atoms with van der Waals surface area (Å²) in [6.45, 7) is 7.49. The number of quaternary nitrogens is 1. The van der Waals surface area contributed by atoms with Gasteiger partial charge in [-0.1, -0.05) is 6.58 Å². The first-order valence-electron chi connectivity index (χ1n) is 3.13. The molecule has 0 N–H and O–H groups in total. The number of hydrogen-bond acceptors (Lipinski definition) is 0. The molecule has 0 aliphatic carbocycles. The Balaban J connectivity index is 2.23. The molecule has 1 heteroatoms. The van der Waals surface area contributed by atoms with Crippen molar-refractivity contribution in [2.45, 2.75) is 18.5 Å². The fourth-order valence-electron chi connectivity index (χ4n) is 2.08. The van der Waals surface area contributed by atoms with Gasteiger partial charge in [-0.25, -0.2) is 0 Å². The van der Waals surface area contributed by atoms with Crippen LogP contribution in [-0.4, -0.2) is 29.7 Å². The van der Waals surface area contributed by atoms with E-state index >= 15 is 0 Å². The molecule has 0 aromatic carbocycles. The smallest absolute Gasteiger partial charge is 0.202 e. The normalized spacial score (nSPS) is 66.5. The van der Waals surface area contributed by atoms with Gasteiger partial charge in [-0.05, 0) is 6.08 Å². The minimum atomic E-state index is 0.641. The Bertz CT molecular complexity index is 150. The molecule has 0 saturated carbocycles. The molecule has 2 rings (SSSR count). The van der Waals surface area contributed by atoms with E-state index in [0.717, 1.165) is 6.04 Å². The lowest BCUT2D eigenvalue weighted by molar-refractivity contribution is -0.696. The van der Waals surface area contributed by atoms with Crippen molar-refractivity contribution >= 4 is 0 Å². The number of nitrogens with zero attached hydrogens (tertiary/aromatic N) is 1. The van der Waals surface area contributed by atoms with Crippen LogP contribution in [0.4, 0.5) is 0 Å².